The minimum Gasteiger partial charge on any atom is -0.465 e. The third-order valence-corrected chi connectivity index (χ3v) is 5.34. The van der Waals surface area contributed by atoms with Gasteiger partial charge in [-0.15, -0.1) is 11.8 Å². The fourth-order valence-corrected chi connectivity index (χ4v) is 3.54. The lowest BCUT2D eigenvalue weighted by atomic mass is 9.86. The quantitative estimate of drug-likeness (QED) is 0.643. The van der Waals surface area contributed by atoms with Gasteiger partial charge in [0, 0.05) is 6.42 Å². The number of ether oxygens (including phenoxy) is 3. The van der Waals surface area contributed by atoms with Crippen molar-refractivity contribution in [1.82, 2.24) is 0 Å². The summed E-state index contributed by atoms with van der Waals surface area (Å²) in [6.07, 6.45) is 4.24. The molecular weight excluding hydrogens is 264 g/mol. The van der Waals surface area contributed by atoms with Crippen molar-refractivity contribution in [1.29, 1.82) is 0 Å². The van der Waals surface area contributed by atoms with Crippen LogP contribution in [0.5, 0.6) is 0 Å². The summed E-state index contributed by atoms with van der Waals surface area (Å²) in [6.45, 7) is 7.80. The lowest BCUT2D eigenvalue weighted by molar-refractivity contribution is -0.148. The van der Waals surface area contributed by atoms with Crippen LogP contribution in [0.1, 0.15) is 40.0 Å². The van der Waals surface area contributed by atoms with Crippen LogP contribution in [0.3, 0.4) is 0 Å². The highest BCUT2D eigenvalue weighted by atomic mass is 32.2. The third kappa shape index (κ3) is 4.10. The molecule has 0 aromatic carbocycles. The van der Waals surface area contributed by atoms with Crippen LogP contribution in [0.4, 0.5) is 0 Å². The lowest BCUT2D eigenvalue weighted by Crippen LogP contribution is -2.43. The molecule has 1 saturated heterocycles. The molecule has 0 aliphatic carbocycles. The zero-order valence-electron chi connectivity index (χ0n) is 12.4. The van der Waals surface area contributed by atoms with Gasteiger partial charge < -0.3 is 14.2 Å². The number of esters is 1. The fourth-order valence-electron chi connectivity index (χ4n) is 2.43. The molecule has 2 atom stereocenters. The van der Waals surface area contributed by atoms with Crippen LogP contribution in [-0.4, -0.2) is 43.1 Å². The predicted molar refractivity (Wildman–Crippen MR) is 77.3 cm³/mol. The molecule has 0 amide bonds. The molecule has 1 aliphatic rings. The van der Waals surface area contributed by atoms with Crippen LogP contribution in [-0.2, 0) is 19.0 Å². The Morgan fingerprint density at radius 1 is 1.42 bits per heavy atom. The van der Waals surface area contributed by atoms with Crippen LogP contribution >= 0.6 is 11.8 Å². The normalized spacial score (nSPS) is 21.1. The van der Waals surface area contributed by atoms with Crippen LogP contribution in [0, 0.1) is 5.92 Å². The van der Waals surface area contributed by atoms with Crippen molar-refractivity contribution in [2.24, 2.45) is 5.92 Å². The number of carbonyl (C=O) groups excluding carboxylic acids is 1. The Kier molecular flexibility index (Phi) is 7.18. The molecule has 0 spiro atoms. The van der Waals surface area contributed by atoms with Gasteiger partial charge in [-0.3, -0.25) is 4.79 Å². The molecule has 1 aliphatic heterocycles. The Morgan fingerprint density at radius 3 is 2.53 bits per heavy atom. The molecule has 2 unspecified atom stereocenters. The van der Waals surface area contributed by atoms with Gasteiger partial charge in [0.2, 0.25) is 0 Å². The fraction of sp³-hybridized carbons (Fsp3) is 0.929. The van der Waals surface area contributed by atoms with Gasteiger partial charge >= 0.3 is 5.97 Å². The molecule has 0 N–H and O–H groups in total. The first-order valence-corrected chi connectivity index (χ1v) is 8.28. The van der Waals surface area contributed by atoms with E-state index in [0.717, 1.165) is 19.3 Å². The minimum atomic E-state index is -0.486. The Labute approximate surface area is 120 Å². The molecular formula is C14H26O4S. The van der Waals surface area contributed by atoms with Gasteiger partial charge in [-0.2, -0.15) is 0 Å². The largest absolute Gasteiger partial charge is 0.465 e. The molecule has 0 aromatic heterocycles. The molecule has 0 bridgehead atoms. The monoisotopic (exact) mass is 290 g/mol. The van der Waals surface area contributed by atoms with E-state index in [4.69, 9.17) is 14.2 Å². The maximum absolute atomic E-state index is 12.4. The molecule has 0 radical (unpaired) electrons. The smallest absolute Gasteiger partial charge is 0.322 e. The minimum absolute atomic E-state index is 0.102. The predicted octanol–water partition coefficient (Wildman–Crippen LogP) is 2.85. The molecule has 1 heterocycles. The molecule has 1 fully saturated rings. The zero-order valence-corrected chi connectivity index (χ0v) is 13.3. The van der Waals surface area contributed by atoms with Crippen molar-refractivity contribution in [2.75, 3.05) is 26.1 Å². The molecule has 5 heteroatoms. The standard InChI is InChI=1S/C14H26O4S/c1-5-11(3)14(19-4,13(15)16-6-2)8-7-12-17-9-10-18-12/h11-12H,5-10H2,1-4H3. The topological polar surface area (TPSA) is 44.8 Å². The summed E-state index contributed by atoms with van der Waals surface area (Å²) < 4.78 is 15.7. The summed E-state index contributed by atoms with van der Waals surface area (Å²) in [6, 6.07) is 0. The van der Waals surface area contributed by atoms with E-state index in [1.165, 1.54) is 0 Å². The first-order valence-electron chi connectivity index (χ1n) is 7.06. The van der Waals surface area contributed by atoms with E-state index in [9.17, 15) is 4.79 Å². The Bertz CT molecular complexity index is 279. The van der Waals surface area contributed by atoms with Gasteiger partial charge in [0.05, 0.1) is 19.8 Å². The van der Waals surface area contributed by atoms with E-state index in [-0.39, 0.29) is 18.2 Å². The molecule has 0 saturated carbocycles. The van der Waals surface area contributed by atoms with Crippen LogP contribution < -0.4 is 0 Å². The summed E-state index contributed by atoms with van der Waals surface area (Å²) in [7, 11) is 0. The number of hydrogen-bond acceptors (Lipinski definition) is 5. The molecule has 19 heavy (non-hydrogen) atoms. The van der Waals surface area contributed by atoms with E-state index >= 15 is 0 Å². The van der Waals surface area contributed by atoms with Crippen molar-refractivity contribution in [3.8, 4) is 0 Å². The average molecular weight is 290 g/mol. The molecule has 4 nitrogen and oxygen atoms in total. The highest BCUT2D eigenvalue weighted by Crippen LogP contribution is 2.40. The van der Waals surface area contributed by atoms with E-state index in [1.54, 1.807) is 11.8 Å². The highest BCUT2D eigenvalue weighted by Gasteiger charge is 2.44. The Balaban J connectivity index is 2.73. The van der Waals surface area contributed by atoms with Gasteiger partial charge in [-0.05, 0) is 25.5 Å². The average Bonchev–Trinajstić information content (AvgIpc) is 2.93. The zero-order chi connectivity index (χ0) is 14.3. The van der Waals surface area contributed by atoms with E-state index < -0.39 is 4.75 Å². The number of thioether (sulfide) groups is 1. The maximum atomic E-state index is 12.4. The second kappa shape index (κ2) is 8.12. The van der Waals surface area contributed by atoms with Crippen molar-refractivity contribution in [3.63, 3.8) is 0 Å². The summed E-state index contributed by atoms with van der Waals surface area (Å²) in [5.41, 5.74) is 0. The number of rotatable bonds is 8. The van der Waals surface area contributed by atoms with E-state index in [0.29, 0.717) is 19.8 Å². The Hall–Kier alpha value is -0.260. The van der Waals surface area contributed by atoms with Gasteiger partial charge in [0.25, 0.3) is 0 Å². The van der Waals surface area contributed by atoms with E-state index in [2.05, 4.69) is 13.8 Å². The second-order valence-electron chi connectivity index (χ2n) is 4.83. The molecule has 112 valence electrons. The second-order valence-corrected chi connectivity index (χ2v) is 5.97. The Morgan fingerprint density at radius 2 is 2.05 bits per heavy atom. The highest BCUT2D eigenvalue weighted by molar-refractivity contribution is 8.00. The van der Waals surface area contributed by atoms with Crippen molar-refractivity contribution in [3.05, 3.63) is 0 Å². The van der Waals surface area contributed by atoms with Gasteiger partial charge in [-0.25, -0.2) is 0 Å². The molecule has 1 rings (SSSR count). The van der Waals surface area contributed by atoms with E-state index in [1.807, 2.05) is 13.2 Å². The van der Waals surface area contributed by atoms with Crippen molar-refractivity contribution in [2.45, 2.75) is 51.1 Å². The summed E-state index contributed by atoms with van der Waals surface area (Å²) in [5, 5.41) is 0. The SMILES string of the molecule is CCOC(=O)C(CCC1OCCO1)(SC)C(C)CC. The van der Waals surface area contributed by atoms with Gasteiger partial charge in [0.1, 0.15) is 4.75 Å². The van der Waals surface area contributed by atoms with Gasteiger partial charge in [0.15, 0.2) is 6.29 Å². The van der Waals surface area contributed by atoms with Crippen LogP contribution in [0.2, 0.25) is 0 Å². The third-order valence-electron chi connectivity index (χ3n) is 3.84. The lowest BCUT2D eigenvalue weighted by Gasteiger charge is -2.35. The first-order chi connectivity index (χ1) is 9.10. The van der Waals surface area contributed by atoms with Crippen LogP contribution in [0.15, 0.2) is 0 Å². The summed E-state index contributed by atoms with van der Waals surface area (Å²) in [5.74, 6) is 0.165. The summed E-state index contributed by atoms with van der Waals surface area (Å²) in [4.78, 5) is 12.4. The van der Waals surface area contributed by atoms with Crippen molar-refractivity contribution >= 4 is 17.7 Å². The first kappa shape index (κ1) is 16.8. The molecule has 0 aromatic rings. The number of carbonyl (C=O) groups is 1. The van der Waals surface area contributed by atoms with Gasteiger partial charge in [-0.1, -0.05) is 20.3 Å². The van der Waals surface area contributed by atoms with Crippen molar-refractivity contribution < 1.29 is 19.0 Å². The van der Waals surface area contributed by atoms with Crippen LogP contribution in [0.25, 0.3) is 0 Å². The number of hydrogen-bond donors (Lipinski definition) is 0. The summed E-state index contributed by atoms with van der Waals surface area (Å²) >= 11 is 1.60. The maximum Gasteiger partial charge on any atom is 0.322 e.